The van der Waals surface area contributed by atoms with Crippen molar-refractivity contribution in [3.05, 3.63) is 65.4 Å². The molecule has 3 aromatic rings. The number of hydrogen-bond acceptors (Lipinski definition) is 8. The highest BCUT2D eigenvalue weighted by Gasteiger charge is 2.44. The monoisotopic (exact) mass is 543 g/mol. The summed E-state index contributed by atoms with van der Waals surface area (Å²) in [6.45, 7) is 7.51. The molecule has 2 atom stereocenters. The van der Waals surface area contributed by atoms with Crippen molar-refractivity contribution >= 4 is 11.5 Å². The Balaban J connectivity index is 1.39. The second-order valence-electron chi connectivity index (χ2n) is 11.6. The number of likely N-dealkylation sites (N-methyl/N-ethyl adjacent to an activating group) is 1. The van der Waals surface area contributed by atoms with E-state index in [0.717, 1.165) is 81.2 Å². The molecule has 4 heterocycles. The van der Waals surface area contributed by atoms with Gasteiger partial charge in [-0.15, -0.1) is 0 Å². The van der Waals surface area contributed by atoms with Gasteiger partial charge in [-0.2, -0.15) is 0 Å². The first-order chi connectivity index (χ1) is 19.6. The number of nitrogens with one attached hydrogen (secondary N) is 2. The van der Waals surface area contributed by atoms with Crippen LogP contribution in [0, 0.1) is 12.8 Å². The van der Waals surface area contributed by atoms with Crippen LogP contribution in [0.2, 0.25) is 0 Å². The molecule has 0 amide bonds. The molecule has 2 aromatic carbocycles. The highest BCUT2D eigenvalue weighted by Crippen LogP contribution is 2.49. The van der Waals surface area contributed by atoms with Crippen molar-refractivity contribution < 1.29 is 14.6 Å². The summed E-state index contributed by atoms with van der Waals surface area (Å²) in [5.74, 6) is 2.88. The third-order valence-corrected chi connectivity index (χ3v) is 8.74. The van der Waals surface area contributed by atoms with Crippen molar-refractivity contribution in [1.29, 1.82) is 0 Å². The Hall–Kier alpha value is -3.04. The molecule has 1 spiro atoms. The topological polar surface area (TPSA) is 91.8 Å². The minimum Gasteiger partial charge on any atom is -0.491 e. The summed E-state index contributed by atoms with van der Waals surface area (Å²) in [4.78, 5) is 12.8. The number of ether oxygens (including phenoxy) is 2. The lowest BCUT2D eigenvalue weighted by Gasteiger charge is -2.35. The zero-order valence-electron chi connectivity index (χ0n) is 23.7. The number of benzene rings is 2. The zero-order valence-corrected chi connectivity index (χ0v) is 23.7. The number of hydrogen-bond donors (Lipinski definition) is 3. The van der Waals surface area contributed by atoms with Crippen LogP contribution in [0.15, 0.2) is 48.5 Å². The molecule has 8 nitrogen and oxygen atoms in total. The van der Waals surface area contributed by atoms with Gasteiger partial charge in [0.25, 0.3) is 0 Å². The summed E-state index contributed by atoms with van der Waals surface area (Å²) in [7, 11) is 1.82. The standard InChI is InChI=1S/C32H41N5O3/c1-22-28(16-23-10-15-39-19-23)35-30(24-6-5-7-26(17-24)40-20-25(38)18-33-2)36-31(22)37-21-32(11-13-34-14-12-32)27-8-3-4-9-29(27)37/h3-9,17,23,25,33-34,38H,10-16,18-21H2,1-2H3. The van der Waals surface area contributed by atoms with Crippen LogP contribution in [0.3, 0.4) is 0 Å². The third-order valence-electron chi connectivity index (χ3n) is 8.74. The molecule has 3 aliphatic heterocycles. The largest absolute Gasteiger partial charge is 0.491 e. The molecular formula is C32H41N5O3. The van der Waals surface area contributed by atoms with E-state index in [1.54, 1.807) is 0 Å². The maximum Gasteiger partial charge on any atom is 0.161 e. The molecular weight excluding hydrogens is 502 g/mol. The van der Waals surface area contributed by atoms with E-state index in [4.69, 9.17) is 19.4 Å². The lowest BCUT2D eigenvalue weighted by atomic mass is 9.75. The van der Waals surface area contributed by atoms with Crippen molar-refractivity contribution in [3.8, 4) is 17.1 Å². The molecule has 3 N–H and O–H groups in total. The highest BCUT2D eigenvalue weighted by molar-refractivity contribution is 5.74. The molecule has 0 bridgehead atoms. The minimum absolute atomic E-state index is 0.140. The summed E-state index contributed by atoms with van der Waals surface area (Å²) in [5.41, 5.74) is 6.00. The number of anilines is 2. The van der Waals surface area contributed by atoms with Gasteiger partial charge >= 0.3 is 0 Å². The summed E-state index contributed by atoms with van der Waals surface area (Å²) < 4.78 is 11.6. The van der Waals surface area contributed by atoms with Gasteiger partial charge in [0.1, 0.15) is 24.3 Å². The van der Waals surface area contributed by atoms with Crippen LogP contribution < -0.4 is 20.3 Å². The fourth-order valence-electron chi connectivity index (χ4n) is 6.52. The van der Waals surface area contributed by atoms with Gasteiger partial charge in [0, 0.05) is 54.2 Å². The zero-order chi connectivity index (χ0) is 27.5. The Morgan fingerprint density at radius 3 is 2.83 bits per heavy atom. The van der Waals surface area contributed by atoms with Gasteiger partial charge in [-0.25, -0.2) is 9.97 Å². The number of rotatable bonds is 9. The first kappa shape index (κ1) is 27.1. The number of aliphatic hydroxyl groups excluding tert-OH is 1. The lowest BCUT2D eigenvalue weighted by molar-refractivity contribution is 0.108. The maximum absolute atomic E-state index is 10.1. The van der Waals surface area contributed by atoms with Crippen LogP contribution in [-0.4, -0.2) is 74.2 Å². The van der Waals surface area contributed by atoms with E-state index in [-0.39, 0.29) is 12.0 Å². The molecule has 2 saturated heterocycles. The summed E-state index contributed by atoms with van der Waals surface area (Å²) in [6, 6.07) is 16.8. The summed E-state index contributed by atoms with van der Waals surface area (Å²) in [5, 5.41) is 16.6. The van der Waals surface area contributed by atoms with E-state index >= 15 is 0 Å². The van der Waals surface area contributed by atoms with Gasteiger partial charge in [0.15, 0.2) is 5.82 Å². The smallest absolute Gasteiger partial charge is 0.161 e. The van der Waals surface area contributed by atoms with Crippen LogP contribution in [0.25, 0.3) is 11.4 Å². The quantitative estimate of drug-likeness (QED) is 0.376. The molecule has 8 heteroatoms. The maximum atomic E-state index is 10.1. The third kappa shape index (κ3) is 5.46. The van der Waals surface area contributed by atoms with Gasteiger partial charge in [-0.1, -0.05) is 30.3 Å². The fraction of sp³-hybridized carbons (Fsp3) is 0.500. The van der Waals surface area contributed by atoms with E-state index in [1.165, 1.54) is 11.3 Å². The molecule has 6 rings (SSSR count). The van der Waals surface area contributed by atoms with Crippen LogP contribution in [-0.2, 0) is 16.6 Å². The van der Waals surface area contributed by atoms with Crippen LogP contribution in [0.4, 0.5) is 11.5 Å². The van der Waals surface area contributed by atoms with Gasteiger partial charge in [0.05, 0.1) is 0 Å². The molecule has 3 aliphatic rings. The average Bonchev–Trinajstić information content (AvgIpc) is 3.60. The average molecular weight is 544 g/mol. The molecule has 0 radical (unpaired) electrons. The first-order valence-corrected chi connectivity index (χ1v) is 14.7. The number of nitrogens with zero attached hydrogens (tertiary/aromatic N) is 3. The van der Waals surface area contributed by atoms with Crippen molar-refractivity contribution in [2.24, 2.45) is 5.92 Å². The Labute approximate surface area is 237 Å². The van der Waals surface area contributed by atoms with Crippen molar-refractivity contribution in [2.75, 3.05) is 57.9 Å². The van der Waals surface area contributed by atoms with Crippen LogP contribution in [0.1, 0.15) is 36.1 Å². The molecule has 212 valence electrons. The normalized spacial score (nSPS) is 20.6. The van der Waals surface area contributed by atoms with E-state index in [0.29, 0.717) is 24.0 Å². The number of aliphatic hydroxyl groups is 1. The molecule has 0 aliphatic carbocycles. The van der Waals surface area contributed by atoms with Crippen LogP contribution in [0.5, 0.6) is 5.75 Å². The Kier molecular flexibility index (Phi) is 8.03. The second-order valence-corrected chi connectivity index (χ2v) is 11.6. The summed E-state index contributed by atoms with van der Waals surface area (Å²) in [6.07, 6.45) is 3.62. The fourth-order valence-corrected chi connectivity index (χ4v) is 6.52. The van der Waals surface area contributed by atoms with Crippen molar-refractivity contribution in [3.63, 3.8) is 0 Å². The molecule has 2 fully saturated rings. The highest BCUT2D eigenvalue weighted by atomic mass is 16.5. The Bertz CT molecular complexity index is 1320. The number of fused-ring (bicyclic) bond motifs is 2. The van der Waals surface area contributed by atoms with Crippen LogP contribution >= 0.6 is 0 Å². The predicted molar refractivity (Wildman–Crippen MR) is 157 cm³/mol. The summed E-state index contributed by atoms with van der Waals surface area (Å²) >= 11 is 0. The van der Waals surface area contributed by atoms with Crippen molar-refractivity contribution in [2.45, 2.75) is 44.1 Å². The first-order valence-electron chi connectivity index (χ1n) is 14.7. The minimum atomic E-state index is -0.575. The predicted octanol–water partition coefficient (Wildman–Crippen LogP) is 3.76. The number of para-hydroxylation sites is 1. The van der Waals surface area contributed by atoms with E-state index in [2.05, 4.69) is 46.7 Å². The van der Waals surface area contributed by atoms with Crippen molar-refractivity contribution in [1.82, 2.24) is 20.6 Å². The van der Waals surface area contributed by atoms with Gasteiger partial charge in [0.2, 0.25) is 0 Å². The Morgan fingerprint density at radius 1 is 1.18 bits per heavy atom. The molecule has 40 heavy (non-hydrogen) atoms. The van der Waals surface area contributed by atoms with Gasteiger partial charge in [-0.05, 0) is 82.4 Å². The molecule has 2 unspecified atom stereocenters. The van der Waals surface area contributed by atoms with Gasteiger partial charge in [-0.3, -0.25) is 0 Å². The molecule has 1 aromatic heterocycles. The van der Waals surface area contributed by atoms with E-state index < -0.39 is 6.10 Å². The number of aromatic nitrogens is 2. The number of piperidine rings is 1. The Morgan fingerprint density at radius 2 is 2.02 bits per heavy atom. The SMILES string of the molecule is CNCC(O)COc1cccc(-c2nc(CC3CCOC3)c(C)c(N3CC4(CCNCC4)c4ccccc43)n2)c1. The van der Waals surface area contributed by atoms with Gasteiger partial charge < -0.3 is 30.1 Å². The second kappa shape index (κ2) is 11.8. The van der Waals surface area contributed by atoms with E-state index in [9.17, 15) is 5.11 Å². The molecule has 0 saturated carbocycles. The lowest BCUT2D eigenvalue weighted by Crippen LogP contribution is -2.42. The van der Waals surface area contributed by atoms with E-state index in [1.807, 2.05) is 31.3 Å².